The third-order valence-corrected chi connectivity index (χ3v) is 5.77. The molecule has 0 spiro atoms. The maximum absolute atomic E-state index is 13.2. The summed E-state index contributed by atoms with van der Waals surface area (Å²) in [5.74, 6) is -0.210. The first-order valence-electron chi connectivity index (χ1n) is 8.01. The van der Waals surface area contributed by atoms with E-state index in [0.29, 0.717) is 17.7 Å². The van der Waals surface area contributed by atoms with Gasteiger partial charge in [-0.1, -0.05) is 30.3 Å². The summed E-state index contributed by atoms with van der Waals surface area (Å²) in [6, 6.07) is 12.9. The summed E-state index contributed by atoms with van der Waals surface area (Å²) in [5, 5.41) is 2.67. The molecule has 0 heterocycles. The lowest BCUT2D eigenvalue weighted by molar-refractivity contribution is -0.122. The molecule has 0 radical (unpaired) electrons. The van der Waals surface area contributed by atoms with Crippen molar-refractivity contribution in [2.75, 3.05) is 12.0 Å². The molecule has 0 saturated carbocycles. The Morgan fingerprint density at radius 1 is 1.15 bits per heavy atom. The average Bonchev–Trinajstić information content (AvgIpc) is 2.64. The number of hydrogen-bond donors (Lipinski definition) is 2. The fourth-order valence-corrected chi connectivity index (χ4v) is 4.02. The summed E-state index contributed by atoms with van der Waals surface area (Å²) in [7, 11) is -3.80. The van der Waals surface area contributed by atoms with E-state index in [9.17, 15) is 17.6 Å². The van der Waals surface area contributed by atoms with Gasteiger partial charge in [0.1, 0.15) is 11.9 Å². The first-order chi connectivity index (χ1) is 12.4. The molecule has 2 N–H and O–H groups in total. The van der Waals surface area contributed by atoms with Crippen molar-refractivity contribution in [1.82, 2.24) is 10.0 Å². The van der Waals surface area contributed by atoms with E-state index in [4.69, 9.17) is 0 Å². The number of hydrogen-bond acceptors (Lipinski definition) is 4. The summed E-state index contributed by atoms with van der Waals surface area (Å²) < 4.78 is 40.6. The number of thioether (sulfide) groups is 1. The number of sulfonamides is 1. The van der Waals surface area contributed by atoms with Crippen LogP contribution in [0.1, 0.15) is 12.0 Å². The van der Waals surface area contributed by atoms with Crippen molar-refractivity contribution in [3.05, 3.63) is 66.0 Å². The fourth-order valence-electron chi connectivity index (χ4n) is 2.29. The van der Waals surface area contributed by atoms with Crippen LogP contribution in [0.25, 0.3) is 0 Å². The molecule has 140 valence electrons. The second-order valence-corrected chi connectivity index (χ2v) is 8.32. The molecule has 1 atom stereocenters. The van der Waals surface area contributed by atoms with Crippen LogP contribution in [0.2, 0.25) is 0 Å². The molecule has 0 aliphatic rings. The van der Waals surface area contributed by atoms with Gasteiger partial charge in [0.05, 0.1) is 4.90 Å². The Bertz CT molecular complexity index is 829. The number of amides is 1. The van der Waals surface area contributed by atoms with Crippen LogP contribution >= 0.6 is 11.8 Å². The molecule has 0 bridgehead atoms. The second-order valence-electron chi connectivity index (χ2n) is 5.62. The van der Waals surface area contributed by atoms with E-state index in [1.54, 1.807) is 30.3 Å². The Kier molecular flexibility index (Phi) is 7.62. The van der Waals surface area contributed by atoms with Crippen molar-refractivity contribution in [2.45, 2.75) is 23.9 Å². The lowest BCUT2D eigenvalue weighted by Gasteiger charge is -2.18. The Hall–Kier alpha value is -1.90. The van der Waals surface area contributed by atoms with Crippen LogP contribution in [0.3, 0.4) is 0 Å². The second kappa shape index (κ2) is 9.70. The molecule has 0 aliphatic carbocycles. The van der Waals surface area contributed by atoms with Crippen LogP contribution in [-0.2, 0) is 21.4 Å². The van der Waals surface area contributed by atoms with E-state index < -0.39 is 22.0 Å². The third kappa shape index (κ3) is 6.12. The minimum absolute atomic E-state index is 0.104. The van der Waals surface area contributed by atoms with Crippen molar-refractivity contribution in [1.29, 1.82) is 0 Å². The maximum atomic E-state index is 13.2. The van der Waals surface area contributed by atoms with Gasteiger partial charge >= 0.3 is 0 Å². The fraction of sp³-hybridized carbons (Fsp3) is 0.278. The van der Waals surface area contributed by atoms with Crippen molar-refractivity contribution in [3.8, 4) is 0 Å². The minimum Gasteiger partial charge on any atom is -0.351 e. The number of benzene rings is 2. The lowest BCUT2D eigenvalue weighted by Crippen LogP contribution is -2.46. The molecule has 8 heteroatoms. The Morgan fingerprint density at radius 2 is 1.88 bits per heavy atom. The number of rotatable bonds is 9. The van der Waals surface area contributed by atoms with Crippen molar-refractivity contribution >= 4 is 27.7 Å². The summed E-state index contributed by atoms with van der Waals surface area (Å²) >= 11 is 1.52. The number of halogens is 1. The number of carbonyl (C=O) groups is 1. The van der Waals surface area contributed by atoms with E-state index >= 15 is 0 Å². The van der Waals surface area contributed by atoms with E-state index in [1.165, 1.54) is 36.0 Å². The zero-order valence-corrected chi connectivity index (χ0v) is 15.9. The molecule has 26 heavy (non-hydrogen) atoms. The smallest absolute Gasteiger partial charge is 0.241 e. The Labute approximate surface area is 157 Å². The third-order valence-electron chi connectivity index (χ3n) is 3.63. The molecule has 2 aromatic rings. The van der Waals surface area contributed by atoms with Crippen molar-refractivity contribution in [2.24, 2.45) is 0 Å². The van der Waals surface area contributed by atoms with E-state index in [0.717, 1.165) is 0 Å². The first kappa shape index (κ1) is 20.4. The molecule has 1 unspecified atom stereocenters. The molecule has 0 saturated heterocycles. The van der Waals surface area contributed by atoms with Gasteiger partial charge in [-0.3, -0.25) is 4.79 Å². The summed E-state index contributed by atoms with van der Waals surface area (Å²) in [6.07, 6.45) is 2.23. The van der Waals surface area contributed by atoms with Gasteiger partial charge in [-0.15, -0.1) is 0 Å². The van der Waals surface area contributed by atoms with Gasteiger partial charge in [-0.2, -0.15) is 16.5 Å². The highest BCUT2D eigenvalue weighted by Crippen LogP contribution is 2.11. The van der Waals surface area contributed by atoms with E-state index in [1.807, 2.05) is 6.26 Å². The molecular weight excluding hydrogens is 375 g/mol. The zero-order valence-electron chi connectivity index (χ0n) is 14.3. The molecule has 5 nitrogen and oxygen atoms in total. The topological polar surface area (TPSA) is 75.3 Å². The van der Waals surface area contributed by atoms with Gasteiger partial charge in [-0.25, -0.2) is 12.8 Å². The summed E-state index contributed by atoms with van der Waals surface area (Å²) in [6.45, 7) is 0.124. The first-order valence-corrected chi connectivity index (χ1v) is 10.9. The van der Waals surface area contributed by atoms with Crippen LogP contribution in [0.15, 0.2) is 59.5 Å². The normalized spacial score (nSPS) is 12.5. The standard InChI is InChI=1S/C18H21FN2O3S2/c1-25-11-10-17(21-26(23,24)16-8-3-2-4-9-16)18(22)20-13-14-6-5-7-15(19)12-14/h2-9,12,17,21H,10-11,13H2,1H3,(H,20,22). The molecular formula is C18H21FN2O3S2. The largest absolute Gasteiger partial charge is 0.351 e. The van der Waals surface area contributed by atoms with Crippen molar-refractivity contribution < 1.29 is 17.6 Å². The van der Waals surface area contributed by atoms with Gasteiger partial charge in [0.25, 0.3) is 0 Å². The molecule has 0 fully saturated rings. The minimum atomic E-state index is -3.80. The lowest BCUT2D eigenvalue weighted by atomic mass is 10.2. The summed E-state index contributed by atoms with van der Waals surface area (Å²) in [4.78, 5) is 12.6. The predicted molar refractivity (Wildman–Crippen MR) is 102 cm³/mol. The predicted octanol–water partition coefficient (Wildman–Crippen LogP) is 2.54. The average molecular weight is 397 g/mol. The SMILES string of the molecule is CSCCC(NS(=O)(=O)c1ccccc1)C(=O)NCc1cccc(F)c1. The van der Waals surface area contributed by atoms with Crippen molar-refractivity contribution in [3.63, 3.8) is 0 Å². The van der Waals surface area contributed by atoms with Crippen LogP contribution in [0.5, 0.6) is 0 Å². The quantitative estimate of drug-likeness (QED) is 0.683. The van der Waals surface area contributed by atoms with Crippen LogP contribution in [-0.4, -0.2) is 32.4 Å². The number of nitrogens with one attached hydrogen (secondary N) is 2. The Morgan fingerprint density at radius 3 is 2.54 bits per heavy atom. The summed E-state index contributed by atoms with van der Waals surface area (Å²) in [5.41, 5.74) is 0.605. The highest BCUT2D eigenvalue weighted by molar-refractivity contribution is 7.98. The zero-order chi connectivity index (χ0) is 19.0. The molecule has 0 aliphatic heterocycles. The maximum Gasteiger partial charge on any atom is 0.241 e. The Balaban J connectivity index is 2.07. The van der Waals surface area contributed by atoms with E-state index in [-0.39, 0.29) is 17.3 Å². The van der Waals surface area contributed by atoms with Gasteiger partial charge in [0.2, 0.25) is 15.9 Å². The van der Waals surface area contributed by atoms with Gasteiger partial charge in [0.15, 0.2) is 0 Å². The van der Waals surface area contributed by atoms with Crippen LogP contribution < -0.4 is 10.0 Å². The van der Waals surface area contributed by atoms with Gasteiger partial charge < -0.3 is 5.32 Å². The number of carbonyl (C=O) groups excluding carboxylic acids is 1. The highest BCUT2D eigenvalue weighted by Gasteiger charge is 2.25. The van der Waals surface area contributed by atoms with Gasteiger partial charge in [-0.05, 0) is 48.3 Å². The molecule has 1 amide bonds. The molecule has 2 aromatic carbocycles. The highest BCUT2D eigenvalue weighted by atomic mass is 32.2. The van der Waals surface area contributed by atoms with Gasteiger partial charge in [0, 0.05) is 6.54 Å². The monoisotopic (exact) mass is 396 g/mol. The van der Waals surface area contributed by atoms with E-state index in [2.05, 4.69) is 10.0 Å². The van der Waals surface area contributed by atoms with Crippen LogP contribution in [0, 0.1) is 5.82 Å². The molecule has 0 aromatic heterocycles. The molecule has 2 rings (SSSR count). The van der Waals surface area contributed by atoms with Crippen LogP contribution in [0.4, 0.5) is 4.39 Å².